The van der Waals surface area contributed by atoms with Crippen LogP contribution >= 0.6 is 23.1 Å². The molecule has 0 aliphatic carbocycles. The van der Waals surface area contributed by atoms with E-state index in [4.69, 9.17) is 4.74 Å². The van der Waals surface area contributed by atoms with Gasteiger partial charge in [-0.15, -0.1) is 11.3 Å². The van der Waals surface area contributed by atoms with Gasteiger partial charge in [-0.2, -0.15) is 0 Å². The molecular weight excluding hydrogens is 416 g/mol. The highest BCUT2D eigenvalue weighted by molar-refractivity contribution is 8.10. The van der Waals surface area contributed by atoms with Crippen LogP contribution in [0.1, 0.15) is 18.1 Å². The average molecular weight is 435 g/mol. The summed E-state index contributed by atoms with van der Waals surface area (Å²) < 4.78 is 7.30. The number of thiazole rings is 1. The minimum absolute atomic E-state index is 0.0704. The molecule has 3 aromatic carbocycles. The molecule has 0 radical (unpaired) electrons. The maximum absolute atomic E-state index is 12.1. The van der Waals surface area contributed by atoms with Crippen LogP contribution in [0.4, 0.5) is 0 Å². The Kier molecular flexibility index (Phi) is 6.11. The van der Waals surface area contributed by atoms with Crippen molar-refractivity contribution < 1.29 is 9.66 Å². The lowest BCUT2D eigenvalue weighted by atomic mass is 10.1. The number of ether oxygens (including phenoxy) is 1. The summed E-state index contributed by atoms with van der Waals surface area (Å²) in [6.45, 7) is 2.54. The zero-order valence-electron chi connectivity index (χ0n) is 16.1. The molecule has 4 rings (SSSR count). The Hall–Kier alpha value is -3.16. The summed E-state index contributed by atoms with van der Waals surface area (Å²) >= 11 is 2.82. The average Bonchev–Trinajstić information content (AvgIpc) is 3.16. The van der Waals surface area contributed by atoms with Gasteiger partial charge in [0.05, 0.1) is 27.3 Å². The van der Waals surface area contributed by atoms with Crippen LogP contribution in [-0.2, 0) is 0 Å². The molecule has 150 valence electrons. The van der Waals surface area contributed by atoms with Gasteiger partial charge in [0.25, 0.3) is 5.70 Å². The van der Waals surface area contributed by atoms with E-state index in [9.17, 15) is 10.1 Å². The van der Waals surface area contributed by atoms with Crippen molar-refractivity contribution in [1.82, 2.24) is 4.98 Å². The summed E-state index contributed by atoms with van der Waals surface area (Å²) in [6, 6.07) is 24.2. The van der Waals surface area contributed by atoms with Crippen LogP contribution in [0.5, 0.6) is 5.75 Å². The van der Waals surface area contributed by atoms with E-state index >= 15 is 0 Å². The van der Waals surface area contributed by atoms with Crippen molar-refractivity contribution in [3.63, 3.8) is 0 Å². The number of hydrogen-bond donors (Lipinski definition) is 0. The maximum atomic E-state index is 12.1. The zero-order chi connectivity index (χ0) is 20.9. The molecule has 0 aliphatic heterocycles. The fourth-order valence-electron chi connectivity index (χ4n) is 3.02. The predicted octanol–water partition coefficient (Wildman–Crippen LogP) is 6.59. The van der Waals surface area contributed by atoms with E-state index in [-0.39, 0.29) is 10.6 Å². The summed E-state index contributed by atoms with van der Waals surface area (Å²) in [5.74, 6) is 0.791. The Morgan fingerprint density at radius 3 is 2.33 bits per heavy atom. The largest absolute Gasteiger partial charge is 0.494 e. The van der Waals surface area contributed by atoms with Crippen LogP contribution in [0.15, 0.2) is 83.2 Å². The molecule has 0 unspecified atom stereocenters. The summed E-state index contributed by atoms with van der Waals surface area (Å²) in [5.41, 5.74) is 2.27. The summed E-state index contributed by atoms with van der Waals surface area (Å²) in [5, 5.41) is 12.1. The van der Waals surface area contributed by atoms with E-state index in [2.05, 4.69) is 4.98 Å². The highest BCUT2D eigenvalue weighted by atomic mass is 32.2. The number of thioether (sulfide) groups is 1. The highest BCUT2D eigenvalue weighted by Gasteiger charge is 2.24. The molecule has 30 heavy (non-hydrogen) atoms. The van der Waals surface area contributed by atoms with Crippen LogP contribution in [0.3, 0.4) is 0 Å². The van der Waals surface area contributed by atoms with Crippen LogP contribution in [0.2, 0.25) is 0 Å². The van der Waals surface area contributed by atoms with Crippen molar-refractivity contribution in [2.75, 3.05) is 6.61 Å². The first-order valence-electron chi connectivity index (χ1n) is 9.36. The quantitative estimate of drug-likeness (QED) is 0.142. The molecule has 0 aliphatic rings. The third kappa shape index (κ3) is 4.37. The lowest BCUT2D eigenvalue weighted by Gasteiger charge is -2.08. The van der Waals surface area contributed by atoms with E-state index in [1.807, 2.05) is 61.5 Å². The zero-order valence-corrected chi connectivity index (χ0v) is 17.8. The van der Waals surface area contributed by atoms with Crippen LogP contribution in [0.25, 0.3) is 20.8 Å². The van der Waals surface area contributed by atoms with Crippen LogP contribution in [0, 0.1) is 10.1 Å². The number of hydrogen-bond acceptors (Lipinski definition) is 6. The van der Waals surface area contributed by atoms with E-state index < -0.39 is 0 Å². The number of nitro groups is 1. The minimum Gasteiger partial charge on any atom is -0.494 e. The fourth-order valence-corrected chi connectivity index (χ4v) is 5.29. The van der Waals surface area contributed by atoms with Gasteiger partial charge in [-0.05, 0) is 42.8 Å². The Balaban J connectivity index is 1.83. The first kappa shape index (κ1) is 20.1. The summed E-state index contributed by atoms with van der Waals surface area (Å²) in [4.78, 5) is 17.0. The molecule has 0 saturated carbocycles. The second-order valence-electron chi connectivity index (χ2n) is 6.31. The van der Waals surface area contributed by atoms with Crippen molar-refractivity contribution in [2.45, 2.75) is 11.3 Å². The van der Waals surface area contributed by atoms with Gasteiger partial charge in [0.1, 0.15) is 10.7 Å². The van der Waals surface area contributed by atoms with Gasteiger partial charge in [0.2, 0.25) is 0 Å². The van der Waals surface area contributed by atoms with Gasteiger partial charge in [0.15, 0.2) is 4.34 Å². The second-order valence-corrected chi connectivity index (χ2v) is 8.60. The lowest BCUT2D eigenvalue weighted by molar-refractivity contribution is -0.374. The Morgan fingerprint density at radius 1 is 1.03 bits per heavy atom. The third-order valence-electron chi connectivity index (χ3n) is 4.32. The first-order valence-corrected chi connectivity index (χ1v) is 11.0. The van der Waals surface area contributed by atoms with Gasteiger partial charge in [-0.3, -0.25) is 10.1 Å². The van der Waals surface area contributed by atoms with Crippen molar-refractivity contribution in [3.8, 4) is 5.75 Å². The number of aromatic nitrogens is 1. The molecule has 4 aromatic rings. The topological polar surface area (TPSA) is 65.3 Å². The molecule has 0 amide bonds. The van der Waals surface area contributed by atoms with Crippen molar-refractivity contribution in [3.05, 3.63) is 100 Å². The number of benzene rings is 3. The van der Waals surface area contributed by atoms with Crippen molar-refractivity contribution in [1.29, 1.82) is 0 Å². The normalized spacial score (nSPS) is 11.9. The smallest absolute Gasteiger partial charge is 0.291 e. The Labute approximate surface area is 182 Å². The number of rotatable bonds is 7. The van der Waals surface area contributed by atoms with E-state index in [0.29, 0.717) is 17.1 Å². The molecule has 0 fully saturated rings. The Morgan fingerprint density at radius 2 is 1.70 bits per heavy atom. The van der Waals surface area contributed by atoms with Gasteiger partial charge in [-0.1, -0.05) is 60.3 Å². The molecule has 5 nitrogen and oxygen atoms in total. The predicted molar refractivity (Wildman–Crippen MR) is 123 cm³/mol. The molecule has 1 aromatic heterocycles. The number of fused-ring (bicyclic) bond motifs is 1. The summed E-state index contributed by atoms with van der Waals surface area (Å²) in [6.07, 6.45) is 0. The maximum Gasteiger partial charge on any atom is 0.291 e. The molecule has 0 bridgehead atoms. The van der Waals surface area contributed by atoms with Gasteiger partial charge in [0, 0.05) is 0 Å². The van der Waals surface area contributed by atoms with E-state index in [1.54, 1.807) is 24.3 Å². The van der Waals surface area contributed by atoms with Crippen LogP contribution in [-0.4, -0.2) is 16.5 Å². The Bertz CT molecular complexity index is 1210. The monoisotopic (exact) mass is 434 g/mol. The molecule has 0 atom stereocenters. The highest BCUT2D eigenvalue weighted by Crippen LogP contribution is 2.43. The first-order chi connectivity index (χ1) is 14.7. The standard InChI is InChI=1S/C23H18N2O3S2/c1-2-28-18-13-14-19-20(15-18)29-23(24-19)30-22(17-11-7-4-8-12-17)21(25(26)27)16-9-5-3-6-10-16/h3-15H,2H2,1H3. The van der Waals surface area contributed by atoms with Crippen LogP contribution < -0.4 is 4.74 Å². The van der Waals surface area contributed by atoms with E-state index in [0.717, 1.165) is 25.9 Å². The third-order valence-corrected chi connectivity index (χ3v) is 6.53. The fraction of sp³-hybridized carbons (Fsp3) is 0.0870. The SMILES string of the molecule is CCOc1ccc2nc(SC(=C(c3ccccc3)[N+](=O)[O-])c3ccccc3)sc2c1. The van der Waals surface area contributed by atoms with Gasteiger partial charge in [-0.25, -0.2) is 4.98 Å². The second kappa shape index (κ2) is 9.11. The van der Waals surface area contributed by atoms with Gasteiger partial charge < -0.3 is 4.74 Å². The molecule has 1 heterocycles. The molecule has 0 saturated heterocycles. The molecule has 7 heteroatoms. The molecule has 0 spiro atoms. The lowest BCUT2D eigenvalue weighted by Crippen LogP contribution is -2.01. The van der Waals surface area contributed by atoms with Crippen molar-refractivity contribution >= 4 is 43.9 Å². The van der Waals surface area contributed by atoms with E-state index in [1.165, 1.54) is 23.1 Å². The summed E-state index contributed by atoms with van der Waals surface area (Å²) in [7, 11) is 0. The minimum atomic E-state index is -0.314. The molecule has 0 N–H and O–H groups in total. The number of nitrogens with zero attached hydrogens (tertiary/aromatic N) is 2. The van der Waals surface area contributed by atoms with Gasteiger partial charge >= 0.3 is 0 Å². The van der Waals surface area contributed by atoms with Crippen molar-refractivity contribution in [2.24, 2.45) is 0 Å². The molecular formula is C23H18N2O3S2.